The number of nitrogens with one attached hydrogen (secondary N) is 3. The summed E-state index contributed by atoms with van der Waals surface area (Å²) in [6, 6.07) is 14.1. The van der Waals surface area contributed by atoms with Crippen LogP contribution in [0.2, 0.25) is 0 Å². The lowest BCUT2D eigenvalue weighted by Gasteiger charge is -2.40. The van der Waals surface area contributed by atoms with Crippen molar-refractivity contribution in [2.45, 2.75) is 44.3 Å². The zero-order valence-corrected chi connectivity index (χ0v) is 38.6. The number of hydrogen-bond donors (Lipinski definition) is 3. The summed E-state index contributed by atoms with van der Waals surface area (Å²) < 4.78 is 78.8. The van der Waals surface area contributed by atoms with Crippen molar-refractivity contribution in [3.8, 4) is 16.9 Å². The number of piperidine rings is 2. The average Bonchev–Trinajstić information content (AvgIpc) is 4.06. The van der Waals surface area contributed by atoms with E-state index < -0.39 is 75.4 Å². The smallest absolute Gasteiger partial charge is 0.301 e. The van der Waals surface area contributed by atoms with Gasteiger partial charge in [0, 0.05) is 111 Å². The van der Waals surface area contributed by atoms with Crippen molar-refractivity contribution in [1.29, 1.82) is 0 Å². The van der Waals surface area contributed by atoms with E-state index in [1.54, 1.807) is 24.4 Å². The van der Waals surface area contributed by atoms with Crippen LogP contribution in [0.4, 0.5) is 30.2 Å². The second-order valence-electron chi connectivity index (χ2n) is 18.2. The van der Waals surface area contributed by atoms with E-state index >= 15 is 8.78 Å². The highest BCUT2D eigenvalue weighted by atomic mass is 32.2. The molecule has 5 aliphatic heterocycles. The van der Waals surface area contributed by atoms with E-state index in [2.05, 4.69) is 36.6 Å². The van der Waals surface area contributed by atoms with Crippen molar-refractivity contribution in [2.24, 2.45) is 5.92 Å². The van der Waals surface area contributed by atoms with Crippen molar-refractivity contribution in [1.82, 2.24) is 29.4 Å². The van der Waals surface area contributed by atoms with Gasteiger partial charge < -0.3 is 24.8 Å². The first-order chi connectivity index (χ1) is 33.2. The normalized spacial score (nSPS) is 20.8. The van der Waals surface area contributed by atoms with Crippen molar-refractivity contribution >= 4 is 61.8 Å². The molecule has 3 amide bonds. The summed E-state index contributed by atoms with van der Waals surface area (Å²) in [5.74, 6) is -4.18. The van der Waals surface area contributed by atoms with Crippen LogP contribution in [0, 0.1) is 17.6 Å². The molecule has 0 spiro atoms. The molecule has 0 bridgehead atoms. The van der Waals surface area contributed by atoms with Crippen molar-refractivity contribution in [3.63, 3.8) is 0 Å². The highest BCUT2D eigenvalue weighted by molar-refractivity contribution is 7.90. The number of aromatic nitrogens is 2. The molecule has 0 radical (unpaired) electrons. The number of ether oxygens (including phenoxy) is 1. The Morgan fingerprint density at radius 3 is 2.32 bits per heavy atom. The average molecular weight is 966 g/mol. The molecule has 4 saturated heterocycles. The lowest BCUT2D eigenvalue weighted by Crippen LogP contribution is -2.51. The van der Waals surface area contributed by atoms with E-state index in [4.69, 9.17) is 4.74 Å². The molecule has 2 atom stereocenters. The molecule has 7 heterocycles. The molecule has 3 N–H and O–H groups in total. The Labute approximate surface area is 396 Å². The number of imide groups is 1. The standard InChI is InChI=1S/C49H50F3N9O7S/c1-28-3-10-40(47(63)55-28)61-48(64)36-22-34(23-41(68-2)42(36)49(61)65)59-19-17-57(18-20-59)26-29-11-14-58(15-12-29)33-6-4-30(5-7-33)31-21-35-37(25-54-46(35)53-24-31)45(62)43-38(51)8-9-39(44(43)52)56-69(66,67)60-16-13-32(50)27-60/h4-9,21-25,29,32,40,56H,1,3,10-20,26-27H2,2H3,(H,53,54)(H,55,63)/t32-,40?/m1/s1. The summed E-state index contributed by atoms with van der Waals surface area (Å²) in [5.41, 5.74) is 3.03. The Kier molecular flexibility index (Phi) is 12.2. The molecule has 2 aromatic heterocycles. The Morgan fingerprint density at radius 2 is 1.62 bits per heavy atom. The molecule has 16 nitrogen and oxygen atoms in total. The second kappa shape index (κ2) is 18.3. The number of anilines is 3. The van der Waals surface area contributed by atoms with E-state index in [-0.39, 0.29) is 29.7 Å². The quantitative estimate of drug-likeness (QED) is 0.101. The number of benzene rings is 3. The zero-order chi connectivity index (χ0) is 48.3. The number of carbonyl (C=O) groups is 4. The number of halogens is 3. The first kappa shape index (κ1) is 46.0. The second-order valence-corrected chi connectivity index (χ2v) is 19.9. The number of ketones is 1. The number of alkyl halides is 1. The molecule has 20 heteroatoms. The molecule has 3 aromatic carbocycles. The first-order valence-corrected chi connectivity index (χ1v) is 24.4. The number of amides is 3. The Hall–Kier alpha value is -6.77. The van der Waals surface area contributed by atoms with Gasteiger partial charge >= 0.3 is 10.2 Å². The number of nitrogens with zero attached hydrogens (tertiary/aromatic N) is 6. The molecule has 10 rings (SSSR count). The summed E-state index contributed by atoms with van der Waals surface area (Å²) in [6.45, 7) is 9.17. The molecule has 69 heavy (non-hydrogen) atoms. The number of H-pyrrole nitrogens is 1. The van der Waals surface area contributed by atoms with Crippen LogP contribution in [-0.2, 0) is 15.0 Å². The number of fused-ring (bicyclic) bond motifs is 2. The van der Waals surface area contributed by atoms with Crippen LogP contribution in [0.1, 0.15) is 68.7 Å². The number of aromatic amines is 1. The van der Waals surface area contributed by atoms with Gasteiger partial charge in [0.15, 0.2) is 5.82 Å². The molecule has 5 aromatic rings. The molecule has 360 valence electrons. The SMILES string of the molecule is C=C1CCC(N2C(=O)c3cc(N4CCN(CC5CCN(c6ccc(-c7cnc8[nH]cc(C(=O)c9c(F)ccc(NS(=O)(=O)N%10CC[C@@H](F)C%10)c9F)c8c7)cc6)CC5)CC4)cc(OC)c3C2=O)C(=O)N1. The monoisotopic (exact) mass is 965 g/mol. The Morgan fingerprint density at radius 1 is 0.884 bits per heavy atom. The van der Waals surface area contributed by atoms with Crippen LogP contribution in [-0.4, -0.2) is 134 Å². The third-order valence-corrected chi connectivity index (χ3v) is 15.5. The van der Waals surface area contributed by atoms with E-state index in [9.17, 15) is 32.0 Å². The van der Waals surface area contributed by atoms with Gasteiger partial charge in [0.1, 0.15) is 29.4 Å². The van der Waals surface area contributed by atoms with Crippen LogP contribution < -0.4 is 24.6 Å². The third-order valence-electron chi connectivity index (χ3n) is 14.0. The van der Waals surface area contributed by atoms with Gasteiger partial charge in [-0.3, -0.25) is 33.7 Å². The van der Waals surface area contributed by atoms with Gasteiger partial charge in [0.05, 0.1) is 29.5 Å². The van der Waals surface area contributed by atoms with Gasteiger partial charge in [-0.2, -0.15) is 12.7 Å². The molecule has 1 unspecified atom stereocenters. The van der Waals surface area contributed by atoms with E-state index in [0.717, 1.165) is 96.9 Å². The molecular weight excluding hydrogens is 916 g/mol. The van der Waals surface area contributed by atoms with Crippen molar-refractivity contribution in [2.75, 3.05) is 80.5 Å². The van der Waals surface area contributed by atoms with Gasteiger partial charge in [-0.05, 0) is 80.0 Å². The summed E-state index contributed by atoms with van der Waals surface area (Å²) in [4.78, 5) is 69.1. The van der Waals surface area contributed by atoms with Crippen LogP contribution in [0.25, 0.3) is 22.2 Å². The molecule has 5 aliphatic rings. The number of pyridine rings is 1. The number of hydrogen-bond acceptors (Lipinski definition) is 11. The van der Waals surface area contributed by atoms with Gasteiger partial charge in [-0.25, -0.2) is 18.2 Å². The lowest BCUT2D eigenvalue weighted by atomic mass is 9.95. The zero-order valence-electron chi connectivity index (χ0n) is 37.8. The molecular formula is C49H50F3N9O7S. The van der Waals surface area contributed by atoms with E-state index in [1.807, 2.05) is 29.0 Å². The summed E-state index contributed by atoms with van der Waals surface area (Å²) in [5, 5.41) is 3.00. The lowest BCUT2D eigenvalue weighted by molar-refractivity contribution is -0.125. The predicted octanol–water partition coefficient (Wildman–Crippen LogP) is 5.88. The Balaban J connectivity index is 0.743. The van der Waals surface area contributed by atoms with Gasteiger partial charge in [-0.15, -0.1) is 0 Å². The summed E-state index contributed by atoms with van der Waals surface area (Å²) in [6.07, 6.45) is 4.43. The minimum absolute atomic E-state index is 0.00148. The number of rotatable bonds is 12. The number of methoxy groups -OCH3 is 1. The van der Waals surface area contributed by atoms with E-state index in [1.165, 1.54) is 13.3 Å². The van der Waals surface area contributed by atoms with Gasteiger partial charge in [-0.1, -0.05) is 18.7 Å². The molecule has 4 fully saturated rings. The highest BCUT2D eigenvalue weighted by Gasteiger charge is 2.46. The fourth-order valence-electron chi connectivity index (χ4n) is 10.2. The minimum atomic E-state index is -4.36. The van der Waals surface area contributed by atoms with Crippen LogP contribution in [0.15, 0.2) is 79.3 Å². The molecule has 0 saturated carbocycles. The van der Waals surface area contributed by atoms with E-state index in [0.29, 0.717) is 46.8 Å². The van der Waals surface area contributed by atoms with Crippen LogP contribution in [0.3, 0.4) is 0 Å². The fourth-order valence-corrected chi connectivity index (χ4v) is 11.5. The maximum atomic E-state index is 15.8. The van der Waals surface area contributed by atoms with Crippen molar-refractivity contribution < 1.29 is 45.5 Å². The predicted molar refractivity (Wildman–Crippen MR) is 252 cm³/mol. The number of carbonyl (C=O) groups excluding carboxylic acids is 4. The number of allylic oxidation sites excluding steroid dienone is 1. The topological polar surface area (TPSA) is 181 Å². The largest absolute Gasteiger partial charge is 0.496 e. The van der Waals surface area contributed by atoms with Crippen LogP contribution in [0.5, 0.6) is 5.75 Å². The molecule has 0 aliphatic carbocycles. The first-order valence-electron chi connectivity index (χ1n) is 23.0. The number of piperazine rings is 1. The van der Waals surface area contributed by atoms with Crippen LogP contribution >= 0.6 is 0 Å². The summed E-state index contributed by atoms with van der Waals surface area (Å²) >= 11 is 0. The minimum Gasteiger partial charge on any atom is -0.496 e. The fraction of sp³-hybridized carbons (Fsp3) is 0.367. The maximum absolute atomic E-state index is 15.8. The maximum Gasteiger partial charge on any atom is 0.301 e. The summed E-state index contributed by atoms with van der Waals surface area (Å²) in [7, 11) is -2.89. The van der Waals surface area contributed by atoms with Gasteiger partial charge in [0.2, 0.25) is 11.7 Å². The third kappa shape index (κ3) is 8.69. The highest BCUT2D eigenvalue weighted by Crippen LogP contribution is 2.39. The van der Waals surface area contributed by atoms with Crippen molar-refractivity contribution in [3.05, 3.63) is 113 Å². The van der Waals surface area contributed by atoms with Gasteiger partial charge in [0.25, 0.3) is 11.8 Å². The Bertz CT molecular complexity index is 3020.